The zero-order chi connectivity index (χ0) is 27.0. The zero-order valence-electron chi connectivity index (χ0n) is 21.7. The Bertz CT molecular complexity index is 1150. The molecule has 38 heavy (non-hydrogen) atoms. The standard InChI is InChI=1S/C31H35Br2NO3S/c32-29-21-27(31(33)38-29)23-37-30(35)11-9-7-5-3-1-2-4-6-8-10-20-36-28-18-16-26(17-19-28)25-14-12-24(22-34)13-15-25/h12-19,21H,1-11,20,23H2. The lowest BCUT2D eigenvalue weighted by molar-refractivity contribution is -0.145. The summed E-state index contributed by atoms with van der Waals surface area (Å²) in [7, 11) is 0. The van der Waals surface area contributed by atoms with Crippen molar-refractivity contribution in [3.05, 3.63) is 73.3 Å². The molecule has 0 fully saturated rings. The summed E-state index contributed by atoms with van der Waals surface area (Å²) < 4.78 is 13.3. The minimum atomic E-state index is -0.108. The Kier molecular flexibility index (Phi) is 14.0. The van der Waals surface area contributed by atoms with E-state index in [1.807, 2.05) is 42.5 Å². The van der Waals surface area contributed by atoms with Crippen LogP contribution >= 0.6 is 43.2 Å². The van der Waals surface area contributed by atoms with Gasteiger partial charge in [-0.15, -0.1) is 11.3 Å². The number of hydrogen-bond donors (Lipinski definition) is 0. The zero-order valence-corrected chi connectivity index (χ0v) is 25.7. The Morgan fingerprint density at radius 1 is 0.789 bits per heavy atom. The van der Waals surface area contributed by atoms with Crippen LogP contribution in [0.15, 0.2) is 62.2 Å². The number of ether oxygens (including phenoxy) is 2. The fourth-order valence-electron chi connectivity index (χ4n) is 4.16. The molecule has 0 spiro atoms. The van der Waals surface area contributed by atoms with Gasteiger partial charge >= 0.3 is 5.97 Å². The Labute approximate surface area is 247 Å². The van der Waals surface area contributed by atoms with Crippen molar-refractivity contribution in [3.63, 3.8) is 0 Å². The number of esters is 1. The summed E-state index contributed by atoms with van der Waals surface area (Å²) in [6, 6.07) is 19.9. The van der Waals surface area contributed by atoms with Crippen molar-refractivity contribution >= 4 is 49.2 Å². The minimum absolute atomic E-state index is 0.108. The highest BCUT2D eigenvalue weighted by molar-refractivity contribution is 9.12. The van der Waals surface area contributed by atoms with Gasteiger partial charge in [0.25, 0.3) is 0 Å². The Morgan fingerprint density at radius 3 is 1.89 bits per heavy atom. The number of rotatable bonds is 17. The third-order valence-electron chi connectivity index (χ3n) is 6.36. The number of carbonyl (C=O) groups is 1. The molecule has 0 unspecified atom stereocenters. The second kappa shape index (κ2) is 17.4. The summed E-state index contributed by atoms with van der Waals surface area (Å²) in [6.07, 6.45) is 12.3. The van der Waals surface area contributed by atoms with Gasteiger partial charge < -0.3 is 9.47 Å². The fourth-order valence-corrected chi connectivity index (χ4v) is 6.95. The summed E-state index contributed by atoms with van der Waals surface area (Å²) in [6.45, 7) is 1.09. The molecule has 2 aromatic carbocycles. The van der Waals surface area contributed by atoms with E-state index in [0.29, 0.717) is 18.6 Å². The molecule has 0 saturated carbocycles. The number of carbonyl (C=O) groups excluding carboxylic acids is 1. The molecule has 0 radical (unpaired) electrons. The summed E-state index contributed by atoms with van der Waals surface area (Å²) in [5.41, 5.74) is 3.90. The lowest BCUT2D eigenvalue weighted by Crippen LogP contribution is -2.04. The van der Waals surface area contributed by atoms with Crippen LogP contribution in [0.25, 0.3) is 11.1 Å². The van der Waals surface area contributed by atoms with E-state index in [4.69, 9.17) is 14.7 Å². The first kappa shape index (κ1) is 30.4. The van der Waals surface area contributed by atoms with Crippen LogP contribution in [0.4, 0.5) is 0 Å². The van der Waals surface area contributed by atoms with Gasteiger partial charge in [-0.05, 0) is 86.2 Å². The summed E-state index contributed by atoms with van der Waals surface area (Å²) >= 11 is 8.52. The van der Waals surface area contributed by atoms with E-state index in [1.165, 1.54) is 44.9 Å². The third kappa shape index (κ3) is 11.3. The maximum Gasteiger partial charge on any atom is 0.306 e. The first-order valence-corrected chi connectivity index (χ1v) is 15.8. The van der Waals surface area contributed by atoms with Crippen molar-refractivity contribution in [2.24, 2.45) is 0 Å². The molecule has 7 heteroatoms. The second-order valence-corrected chi connectivity index (χ2v) is 13.1. The first-order chi connectivity index (χ1) is 18.5. The predicted molar refractivity (Wildman–Crippen MR) is 162 cm³/mol. The molecule has 1 aromatic heterocycles. The van der Waals surface area contributed by atoms with E-state index in [9.17, 15) is 4.79 Å². The molecule has 0 N–H and O–H groups in total. The van der Waals surface area contributed by atoms with Crippen LogP contribution in [-0.4, -0.2) is 12.6 Å². The maximum atomic E-state index is 11.9. The van der Waals surface area contributed by atoms with Crippen molar-refractivity contribution < 1.29 is 14.3 Å². The Morgan fingerprint density at radius 2 is 1.34 bits per heavy atom. The monoisotopic (exact) mass is 659 g/mol. The maximum absolute atomic E-state index is 11.9. The van der Waals surface area contributed by atoms with Gasteiger partial charge in [-0.2, -0.15) is 5.26 Å². The number of halogens is 2. The van der Waals surface area contributed by atoms with E-state index in [-0.39, 0.29) is 5.97 Å². The number of nitrogens with zero attached hydrogens (tertiary/aromatic N) is 1. The van der Waals surface area contributed by atoms with Crippen molar-refractivity contribution in [1.82, 2.24) is 0 Å². The highest BCUT2D eigenvalue weighted by Gasteiger charge is 2.09. The molecule has 3 rings (SSSR count). The van der Waals surface area contributed by atoms with Gasteiger partial charge in [0.1, 0.15) is 12.4 Å². The molecule has 4 nitrogen and oxygen atoms in total. The predicted octanol–water partition coefficient (Wildman–Crippen LogP) is 10.2. The summed E-state index contributed by atoms with van der Waals surface area (Å²) in [5.74, 6) is 0.794. The van der Waals surface area contributed by atoms with Crippen molar-refractivity contribution in [2.75, 3.05) is 6.61 Å². The molecular weight excluding hydrogens is 626 g/mol. The van der Waals surface area contributed by atoms with E-state index in [1.54, 1.807) is 11.3 Å². The molecular formula is C31H35Br2NO3S. The van der Waals surface area contributed by atoms with Gasteiger partial charge in [-0.3, -0.25) is 4.79 Å². The lowest BCUT2D eigenvalue weighted by atomic mass is 10.0. The van der Waals surface area contributed by atoms with Crippen LogP contribution in [0.2, 0.25) is 0 Å². The van der Waals surface area contributed by atoms with Gasteiger partial charge in [0, 0.05) is 12.0 Å². The molecule has 0 aliphatic heterocycles. The van der Waals surface area contributed by atoms with Gasteiger partial charge in [0.15, 0.2) is 0 Å². The van der Waals surface area contributed by atoms with Crippen LogP contribution in [0.1, 0.15) is 81.8 Å². The van der Waals surface area contributed by atoms with E-state index in [2.05, 4.69) is 50.1 Å². The average Bonchev–Trinajstić information content (AvgIpc) is 3.26. The van der Waals surface area contributed by atoms with Crippen LogP contribution < -0.4 is 4.74 Å². The Balaban J connectivity index is 1.11. The van der Waals surface area contributed by atoms with Crippen molar-refractivity contribution in [3.8, 4) is 22.9 Å². The molecule has 0 aliphatic rings. The van der Waals surface area contributed by atoms with Crippen LogP contribution in [0.5, 0.6) is 5.75 Å². The highest BCUT2D eigenvalue weighted by Crippen LogP contribution is 2.32. The second-order valence-electron chi connectivity index (χ2n) is 9.36. The van der Waals surface area contributed by atoms with Crippen molar-refractivity contribution in [2.45, 2.75) is 77.2 Å². The number of nitriles is 1. The number of hydrogen-bond acceptors (Lipinski definition) is 5. The molecule has 0 saturated heterocycles. The van der Waals surface area contributed by atoms with E-state index < -0.39 is 0 Å². The quantitative estimate of drug-likeness (QED) is 0.107. The SMILES string of the molecule is N#Cc1ccc(-c2ccc(OCCCCCCCCCCCCC(=O)OCc3cc(Br)sc3Br)cc2)cc1. The lowest BCUT2D eigenvalue weighted by Gasteiger charge is -2.08. The highest BCUT2D eigenvalue weighted by atomic mass is 79.9. The minimum Gasteiger partial charge on any atom is -0.494 e. The normalized spacial score (nSPS) is 10.8. The summed E-state index contributed by atoms with van der Waals surface area (Å²) in [4.78, 5) is 11.9. The van der Waals surface area contributed by atoms with E-state index >= 15 is 0 Å². The smallest absolute Gasteiger partial charge is 0.306 e. The topological polar surface area (TPSA) is 59.3 Å². The van der Waals surface area contributed by atoms with Crippen LogP contribution in [-0.2, 0) is 16.1 Å². The van der Waals surface area contributed by atoms with Crippen molar-refractivity contribution in [1.29, 1.82) is 5.26 Å². The van der Waals surface area contributed by atoms with Crippen LogP contribution in [0.3, 0.4) is 0 Å². The first-order valence-electron chi connectivity index (χ1n) is 13.4. The molecule has 0 bridgehead atoms. The largest absolute Gasteiger partial charge is 0.494 e. The number of thiophene rings is 1. The molecule has 0 aliphatic carbocycles. The third-order valence-corrected chi connectivity index (χ3v) is 8.83. The molecule has 3 aromatic rings. The fraction of sp³-hybridized carbons (Fsp3) is 0.419. The molecule has 202 valence electrons. The average molecular weight is 662 g/mol. The molecule has 0 atom stereocenters. The van der Waals surface area contributed by atoms with Gasteiger partial charge in [0.05, 0.1) is 25.8 Å². The number of benzene rings is 2. The van der Waals surface area contributed by atoms with Gasteiger partial charge in [0.2, 0.25) is 0 Å². The van der Waals surface area contributed by atoms with Gasteiger partial charge in [-0.1, -0.05) is 75.6 Å². The van der Waals surface area contributed by atoms with Gasteiger partial charge in [-0.25, -0.2) is 0 Å². The van der Waals surface area contributed by atoms with E-state index in [0.717, 1.165) is 55.9 Å². The summed E-state index contributed by atoms with van der Waals surface area (Å²) in [5, 5.41) is 8.92. The molecule has 0 amide bonds. The van der Waals surface area contributed by atoms with Crippen LogP contribution in [0, 0.1) is 11.3 Å². The molecule has 1 heterocycles. The number of unbranched alkanes of at least 4 members (excludes halogenated alkanes) is 9. The Hall–Kier alpha value is -2.14.